The number of piperidine rings is 1. The lowest BCUT2D eigenvalue weighted by Gasteiger charge is -2.25. The van der Waals surface area contributed by atoms with E-state index in [9.17, 15) is 9.59 Å². The minimum atomic E-state index is -0.0973. The standard InChI is InChI=1S/C10H13N3O2S/c1-2-8-9(16-12-11-8)10(15)13-5-3-4-7(14)6-13/h2-6H2,1H3. The van der Waals surface area contributed by atoms with Crippen LogP contribution in [-0.2, 0) is 11.2 Å². The van der Waals surface area contributed by atoms with E-state index in [-0.39, 0.29) is 18.2 Å². The Morgan fingerprint density at radius 3 is 3.06 bits per heavy atom. The van der Waals surface area contributed by atoms with Gasteiger partial charge in [0.25, 0.3) is 5.91 Å². The van der Waals surface area contributed by atoms with E-state index in [0.717, 1.165) is 23.6 Å². The summed E-state index contributed by atoms with van der Waals surface area (Å²) in [4.78, 5) is 25.5. The number of Topliss-reactive ketones (excluding diaryl/α,β-unsaturated/α-hetero) is 1. The number of aromatic nitrogens is 2. The molecular weight excluding hydrogens is 226 g/mol. The summed E-state index contributed by atoms with van der Waals surface area (Å²) in [5.41, 5.74) is 0.730. The summed E-state index contributed by atoms with van der Waals surface area (Å²) in [6, 6.07) is 0. The number of nitrogens with zero attached hydrogens (tertiary/aromatic N) is 3. The SMILES string of the molecule is CCc1nnsc1C(=O)N1CCCC(=O)C1. The summed E-state index contributed by atoms with van der Waals surface area (Å²) in [7, 11) is 0. The average Bonchev–Trinajstić information content (AvgIpc) is 2.76. The van der Waals surface area contributed by atoms with E-state index in [1.54, 1.807) is 4.90 Å². The number of hydrogen-bond donors (Lipinski definition) is 0. The molecule has 0 aromatic carbocycles. The normalized spacial score (nSPS) is 16.6. The molecule has 0 spiro atoms. The van der Waals surface area contributed by atoms with Crippen molar-refractivity contribution in [3.05, 3.63) is 10.6 Å². The summed E-state index contributed by atoms with van der Waals surface area (Å²) in [6.45, 7) is 2.83. The number of hydrogen-bond acceptors (Lipinski definition) is 5. The number of aryl methyl sites for hydroxylation is 1. The molecule has 0 saturated carbocycles. The Kier molecular flexibility index (Phi) is 3.28. The van der Waals surface area contributed by atoms with Gasteiger partial charge in [-0.25, -0.2) is 0 Å². The van der Waals surface area contributed by atoms with Crippen LogP contribution in [0, 0.1) is 0 Å². The molecule has 1 saturated heterocycles. The largest absolute Gasteiger partial charge is 0.331 e. The highest BCUT2D eigenvalue weighted by Crippen LogP contribution is 2.16. The number of carbonyl (C=O) groups is 2. The van der Waals surface area contributed by atoms with E-state index >= 15 is 0 Å². The third-order valence-electron chi connectivity index (χ3n) is 2.62. The zero-order valence-corrected chi connectivity index (χ0v) is 9.92. The molecular formula is C10H13N3O2S. The Balaban J connectivity index is 2.15. The van der Waals surface area contributed by atoms with Crippen LogP contribution in [0.4, 0.5) is 0 Å². The monoisotopic (exact) mass is 239 g/mol. The van der Waals surface area contributed by atoms with Gasteiger partial charge in [-0.05, 0) is 24.4 Å². The predicted octanol–water partition coefficient (Wildman–Crippen LogP) is 0.906. The molecule has 0 aliphatic carbocycles. The van der Waals surface area contributed by atoms with Crippen molar-refractivity contribution in [1.82, 2.24) is 14.5 Å². The van der Waals surface area contributed by atoms with Gasteiger partial charge < -0.3 is 4.90 Å². The van der Waals surface area contributed by atoms with Crippen LogP contribution >= 0.6 is 11.5 Å². The molecule has 2 heterocycles. The fourth-order valence-electron chi connectivity index (χ4n) is 1.76. The Bertz CT molecular complexity index is 416. The van der Waals surface area contributed by atoms with E-state index in [0.29, 0.717) is 24.3 Å². The van der Waals surface area contributed by atoms with Gasteiger partial charge in [-0.3, -0.25) is 9.59 Å². The number of amides is 1. The fraction of sp³-hybridized carbons (Fsp3) is 0.600. The van der Waals surface area contributed by atoms with E-state index < -0.39 is 0 Å². The molecule has 0 atom stereocenters. The van der Waals surface area contributed by atoms with Gasteiger partial charge in [0.2, 0.25) is 0 Å². The van der Waals surface area contributed by atoms with Crippen LogP contribution in [0.1, 0.15) is 35.1 Å². The molecule has 5 nitrogen and oxygen atoms in total. The maximum atomic E-state index is 12.1. The third kappa shape index (κ3) is 2.11. The average molecular weight is 239 g/mol. The van der Waals surface area contributed by atoms with Crippen molar-refractivity contribution in [1.29, 1.82) is 0 Å². The van der Waals surface area contributed by atoms with Gasteiger partial charge in [0, 0.05) is 13.0 Å². The molecule has 6 heteroatoms. The second-order valence-corrected chi connectivity index (χ2v) is 4.53. The van der Waals surface area contributed by atoms with Crippen molar-refractivity contribution in [2.24, 2.45) is 0 Å². The van der Waals surface area contributed by atoms with Crippen molar-refractivity contribution < 1.29 is 9.59 Å². The zero-order valence-electron chi connectivity index (χ0n) is 9.10. The summed E-state index contributed by atoms with van der Waals surface area (Å²) < 4.78 is 3.79. The number of likely N-dealkylation sites (tertiary alicyclic amines) is 1. The van der Waals surface area contributed by atoms with Gasteiger partial charge in [0.15, 0.2) is 5.78 Å². The summed E-state index contributed by atoms with van der Waals surface area (Å²) >= 11 is 1.11. The first-order valence-corrected chi connectivity index (χ1v) is 6.12. The second kappa shape index (κ2) is 4.69. The predicted molar refractivity (Wildman–Crippen MR) is 59.4 cm³/mol. The Morgan fingerprint density at radius 2 is 2.38 bits per heavy atom. The molecule has 0 N–H and O–H groups in total. The van der Waals surface area contributed by atoms with E-state index in [1.165, 1.54) is 0 Å². The van der Waals surface area contributed by atoms with E-state index in [2.05, 4.69) is 9.59 Å². The highest BCUT2D eigenvalue weighted by Gasteiger charge is 2.25. The molecule has 0 radical (unpaired) electrons. The highest BCUT2D eigenvalue weighted by molar-refractivity contribution is 7.08. The first-order valence-electron chi connectivity index (χ1n) is 5.34. The van der Waals surface area contributed by atoms with Crippen LogP contribution < -0.4 is 0 Å². The molecule has 2 rings (SSSR count). The van der Waals surface area contributed by atoms with Crippen molar-refractivity contribution in [2.75, 3.05) is 13.1 Å². The van der Waals surface area contributed by atoms with Gasteiger partial charge in [-0.1, -0.05) is 11.4 Å². The molecule has 1 aromatic heterocycles. The fourth-order valence-corrected chi connectivity index (χ4v) is 2.48. The number of rotatable bonds is 2. The molecule has 1 aliphatic rings. The first kappa shape index (κ1) is 11.2. The lowest BCUT2D eigenvalue weighted by atomic mass is 10.1. The second-order valence-electron chi connectivity index (χ2n) is 3.77. The zero-order chi connectivity index (χ0) is 11.5. The third-order valence-corrected chi connectivity index (χ3v) is 3.38. The molecule has 16 heavy (non-hydrogen) atoms. The van der Waals surface area contributed by atoms with Crippen molar-refractivity contribution in [2.45, 2.75) is 26.2 Å². The molecule has 1 fully saturated rings. The van der Waals surface area contributed by atoms with Crippen molar-refractivity contribution in [3.8, 4) is 0 Å². The highest BCUT2D eigenvalue weighted by atomic mass is 32.1. The Labute approximate surface area is 97.6 Å². The van der Waals surface area contributed by atoms with Crippen LogP contribution in [0.25, 0.3) is 0 Å². The van der Waals surface area contributed by atoms with Gasteiger partial charge in [-0.15, -0.1) is 5.10 Å². The Morgan fingerprint density at radius 1 is 1.56 bits per heavy atom. The molecule has 1 aliphatic heterocycles. The van der Waals surface area contributed by atoms with Crippen LogP contribution in [-0.4, -0.2) is 39.3 Å². The summed E-state index contributed by atoms with van der Waals surface area (Å²) in [5.74, 6) is 0.0371. The number of ketones is 1. The van der Waals surface area contributed by atoms with Crippen LogP contribution in [0.3, 0.4) is 0 Å². The topological polar surface area (TPSA) is 63.2 Å². The summed E-state index contributed by atoms with van der Waals surface area (Å²) in [5, 5.41) is 3.91. The Hall–Kier alpha value is -1.30. The van der Waals surface area contributed by atoms with Crippen LogP contribution in [0.15, 0.2) is 0 Å². The quantitative estimate of drug-likeness (QED) is 0.769. The lowest BCUT2D eigenvalue weighted by Crippen LogP contribution is -2.40. The number of carbonyl (C=O) groups excluding carboxylic acids is 2. The van der Waals surface area contributed by atoms with Gasteiger partial charge >= 0.3 is 0 Å². The minimum Gasteiger partial charge on any atom is -0.331 e. The maximum Gasteiger partial charge on any atom is 0.267 e. The van der Waals surface area contributed by atoms with Crippen molar-refractivity contribution in [3.63, 3.8) is 0 Å². The molecule has 0 unspecified atom stereocenters. The maximum absolute atomic E-state index is 12.1. The van der Waals surface area contributed by atoms with Gasteiger partial charge in [0.1, 0.15) is 4.88 Å². The molecule has 1 amide bonds. The molecule has 0 bridgehead atoms. The first-order chi connectivity index (χ1) is 7.72. The molecule has 86 valence electrons. The van der Waals surface area contributed by atoms with Gasteiger partial charge in [-0.2, -0.15) is 0 Å². The molecule has 1 aromatic rings. The van der Waals surface area contributed by atoms with E-state index in [4.69, 9.17) is 0 Å². The minimum absolute atomic E-state index is 0.0973. The lowest BCUT2D eigenvalue weighted by molar-refractivity contribution is -0.121. The van der Waals surface area contributed by atoms with E-state index in [1.807, 2.05) is 6.92 Å². The smallest absolute Gasteiger partial charge is 0.267 e. The summed E-state index contributed by atoms with van der Waals surface area (Å²) in [6.07, 6.45) is 2.04. The van der Waals surface area contributed by atoms with Crippen molar-refractivity contribution >= 4 is 23.2 Å². The van der Waals surface area contributed by atoms with Crippen LogP contribution in [0.2, 0.25) is 0 Å². The van der Waals surface area contributed by atoms with Crippen LogP contribution in [0.5, 0.6) is 0 Å². The van der Waals surface area contributed by atoms with Gasteiger partial charge in [0.05, 0.1) is 12.2 Å².